The molecule has 23 heavy (non-hydrogen) atoms. The molecule has 0 unspecified atom stereocenters. The van der Waals surface area contributed by atoms with Crippen molar-refractivity contribution in [2.75, 3.05) is 5.32 Å². The summed E-state index contributed by atoms with van der Waals surface area (Å²) in [4.78, 5) is 16.6. The Hall–Kier alpha value is -2.88. The molecular weight excluding hydrogens is 286 g/mol. The lowest BCUT2D eigenvalue weighted by Crippen LogP contribution is -2.20. The number of anilines is 1. The molecule has 1 aromatic carbocycles. The largest absolute Gasteiger partial charge is 0.346 e. The van der Waals surface area contributed by atoms with Crippen LogP contribution < -0.4 is 5.32 Å². The average molecular weight is 305 g/mol. The van der Waals surface area contributed by atoms with E-state index in [0.717, 1.165) is 5.56 Å². The summed E-state index contributed by atoms with van der Waals surface area (Å²) in [7, 11) is 0. The van der Waals surface area contributed by atoms with Gasteiger partial charge in [0.05, 0.1) is 12.5 Å². The summed E-state index contributed by atoms with van der Waals surface area (Å²) >= 11 is 0. The molecule has 3 rings (SSSR count). The van der Waals surface area contributed by atoms with E-state index in [1.807, 2.05) is 48.8 Å². The van der Waals surface area contributed by atoms with E-state index in [1.54, 1.807) is 12.3 Å². The minimum absolute atomic E-state index is 0.0325. The molecule has 4 heteroatoms. The Balaban J connectivity index is 1.82. The van der Waals surface area contributed by atoms with Crippen molar-refractivity contribution < 1.29 is 4.79 Å². The van der Waals surface area contributed by atoms with E-state index in [1.165, 1.54) is 5.56 Å². The highest BCUT2D eigenvalue weighted by molar-refractivity contribution is 5.90. The summed E-state index contributed by atoms with van der Waals surface area (Å²) in [5, 5.41) is 2.86. The number of aromatic nitrogens is 2. The van der Waals surface area contributed by atoms with Gasteiger partial charge in [-0.25, -0.2) is 4.98 Å². The number of hydrogen-bond acceptors (Lipinski definition) is 2. The van der Waals surface area contributed by atoms with Crippen LogP contribution in [0.15, 0.2) is 73.2 Å². The minimum atomic E-state index is -0.0503. The average Bonchev–Trinajstić information content (AvgIpc) is 3.09. The Labute approximate surface area is 135 Å². The van der Waals surface area contributed by atoms with E-state index >= 15 is 0 Å². The van der Waals surface area contributed by atoms with Crippen molar-refractivity contribution in [3.05, 3.63) is 84.3 Å². The van der Waals surface area contributed by atoms with Crippen LogP contribution in [0.2, 0.25) is 0 Å². The summed E-state index contributed by atoms with van der Waals surface area (Å²) in [6.07, 6.45) is 6.01. The van der Waals surface area contributed by atoms with E-state index in [4.69, 9.17) is 0 Å². The van der Waals surface area contributed by atoms with Gasteiger partial charge in [-0.1, -0.05) is 30.3 Å². The van der Waals surface area contributed by atoms with Crippen LogP contribution in [0.1, 0.15) is 23.6 Å². The van der Waals surface area contributed by atoms with Crippen LogP contribution in [-0.2, 0) is 4.79 Å². The molecule has 0 aliphatic carbocycles. The summed E-state index contributed by atoms with van der Waals surface area (Å²) in [5.74, 6) is 0.527. The van der Waals surface area contributed by atoms with Gasteiger partial charge in [0.1, 0.15) is 5.82 Å². The van der Waals surface area contributed by atoms with E-state index in [0.29, 0.717) is 12.2 Å². The predicted octanol–water partition coefficient (Wildman–Crippen LogP) is 3.81. The highest BCUT2D eigenvalue weighted by atomic mass is 16.1. The lowest BCUT2D eigenvalue weighted by atomic mass is 9.98. The molecule has 0 radical (unpaired) electrons. The van der Waals surface area contributed by atoms with Crippen molar-refractivity contribution in [3.63, 3.8) is 0 Å². The molecule has 4 nitrogen and oxygen atoms in total. The van der Waals surface area contributed by atoms with E-state index in [-0.39, 0.29) is 11.9 Å². The van der Waals surface area contributed by atoms with Crippen molar-refractivity contribution in [2.45, 2.75) is 19.4 Å². The Kier molecular flexibility index (Phi) is 4.52. The first-order valence-electron chi connectivity index (χ1n) is 7.63. The minimum Gasteiger partial charge on any atom is -0.346 e. The zero-order valence-corrected chi connectivity index (χ0v) is 13.0. The van der Waals surface area contributed by atoms with Crippen LogP contribution in [0.4, 0.5) is 5.82 Å². The molecule has 2 heterocycles. The molecule has 0 spiro atoms. The number of benzene rings is 1. The molecule has 0 aliphatic heterocycles. The Morgan fingerprint density at radius 1 is 1.09 bits per heavy atom. The fraction of sp³-hybridized carbons (Fsp3) is 0.158. The third-order valence-corrected chi connectivity index (χ3v) is 3.85. The van der Waals surface area contributed by atoms with Gasteiger partial charge < -0.3 is 9.88 Å². The van der Waals surface area contributed by atoms with Crippen LogP contribution in [0.25, 0.3) is 0 Å². The number of carbonyl (C=O) groups is 1. The maximum atomic E-state index is 12.4. The quantitative estimate of drug-likeness (QED) is 0.779. The van der Waals surface area contributed by atoms with Crippen LogP contribution in [0.3, 0.4) is 0 Å². The first kappa shape index (κ1) is 15.0. The number of carbonyl (C=O) groups excluding carboxylic acids is 1. The topological polar surface area (TPSA) is 46.9 Å². The second-order valence-electron chi connectivity index (χ2n) is 5.47. The van der Waals surface area contributed by atoms with Crippen LogP contribution in [0.5, 0.6) is 0 Å². The molecular formula is C19H19N3O. The zero-order chi connectivity index (χ0) is 16.1. The zero-order valence-electron chi connectivity index (χ0n) is 13.0. The molecule has 0 saturated carbocycles. The van der Waals surface area contributed by atoms with Crippen molar-refractivity contribution in [1.29, 1.82) is 0 Å². The molecule has 0 saturated heterocycles. The molecule has 0 bridgehead atoms. The van der Waals surface area contributed by atoms with Crippen molar-refractivity contribution in [3.8, 4) is 0 Å². The molecule has 1 N–H and O–H groups in total. The van der Waals surface area contributed by atoms with Gasteiger partial charge in [0, 0.05) is 18.6 Å². The second kappa shape index (κ2) is 6.92. The summed E-state index contributed by atoms with van der Waals surface area (Å²) in [6.45, 7) is 2.07. The SMILES string of the molecule is Cc1ccccc1[C@H](CC(=O)Nc1ccccn1)n1cccc1. The predicted molar refractivity (Wildman–Crippen MR) is 91.2 cm³/mol. The highest BCUT2D eigenvalue weighted by Crippen LogP contribution is 2.25. The van der Waals surface area contributed by atoms with Crippen molar-refractivity contribution in [2.24, 2.45) is 0 Å². The molecule has 3 aromatic rings. The van der Waals surface area contributed by atoms with Crippen LogP contribution in [-0.4, -0.2) is 15.5 Å². The number of pyridine rings is 1. The molecule has 0 aliphatic rings. The molecule has 0 fully saturated rings. The van der Waals surface area contributed by atoms with Gasteiger partial charge in [-0.15, -0.1) is 0 Å². The maximum Gasteiger partial charge on any atom is 0.227 e. The van der Waals surface area contributed by atoms with E-state index < -0.39 is 0 Å². The third kappa shape index (κ3) is 3.66. The van der Waals surface area contributed by atoms with Crippen LogP contribution >= 0.6 is 0 Å². The molecule has 2 aromatic heterocycles. The summed E-state index contributed by atoms with van der Waals surface area (Å²) in [6, 6.07) is 17.6. The molecule has 1 amide bonds. The van der Waals surface area contributed by atoms with E-state index in [2.05, 4.69) is 33.9 Å². The Morgan fingerprint density at radius 2 is 1.83 bits per heavy atom. The third-order valence-electron chi connectivity index (χ3n) is 3.85. The standard InChI is InChI=1S/C19H19N3O/c1-15-8-2-3-9-16(15)17(22-12-6-7-13-22)14-19(23)21-18-10-4-5-11-20-18/h2-13,17H,14H2,1H3,(H,20,21,23)/t17-/m0/s1. The van der Waals surface area contributed by atoms with Crippen molar-refractivity contribution >= 4 is 11.7 Å². The van der Waals surface area contributed by atoms with Gasteiger partial charge in [0.2, 0.25) is 5.91 Å². The lowest BCUT2D eigenvalue weighted by molar-refractivity contribution is -0.116. The fourth-order valence-corrected chi connectivity index (χ4v) is 2.70. The first-order chi connectivity index (χ1) is 11.2. The van der Waals surface area contributed by atoms with E-state index in [9.17, 15) is 4.79 Å². The van der Waals surface area contributed by atoms with Gasteiger partial charge in [-0.2, -0.15) is 0 Å². The maximum absolute atomic E-state index is 12.4. The molecule has 1 atom stereocenters. The van der Waals surface area contributed by atoms with Gasteiger partial charge >= 0.3 is 0 Å². The number of nitrogens with zero attached hydrogens (tertiary/aromatic N) is 2. The van der Waals surface area contributed by atoms with Gasteiger partial charge in [-0.05, 0) is 42.3 Å². The van der Waals surface area contributed by atoms with Gasteiger partial charge in [-0.3, -0.25) is 4.79 Å². The number of aryl methyl sites for hydroxylation is 1. The summed E-state index contributed by atoms with van der Waals surface area (Å²) < 4.78 is 2.07. The van der Waals surface area contributed by atoms with Gasteiger partial charge in [0.15, 0.2) is 0 Å². The fourth-order valence-electron chi connectivity index (χ4n) is 2.70. The Bertz CT molecular complexity index is 766. The second-order valence-corrected chi connectivity index (χ2v) is 5.47. The highest BCUT2D eigenvalue weighted by Gasteiger charge is 2.19. The normalized spacial score (nSPS) is 11.9. The Morgan fingerprint density at radius 3 is 2.52 bits per heavy atom. The first-order valence-corrected chi connectivity index (χ1v) is 7.63. The lowest BCUT2D eigenvalue weighted by Gasteiger charge is -2.21. The molecule has 116 valence electrons. The van der Waals surface area contributed by atoms with Crippen LogP contribution in [0, 0.1) is 6.92 Å². The van der Waals surface area contributed by atoms with Gasteiger partial charge in [0.25, 0.3) is 0 Å². The van der Waals surface area contributed by atoms with Crippen molar-refractivity contribution in [1.82, 2.24) is 9.55 Å². The number of amides is 1. The number of rotatable bonds is 5. The monoisotopic (exact) mass is 305 g/mol. The number of nitrogens with one attached hydrogen (secondary N) is 1. The summed E-state index contributed by atoms with van der Waals surface area (Å²) in [5.41, 5.74) is 2.33. The smallest absolute Gasteiger partial charge is 0.227 e. The number of hydrogen-bond donors (Lipinski definition) is 1.